The number of cyclic esters (lactones) is 1. The fraction of sp³-hybridized carbons (Fsp3) is 0.261. The Morgan fingerprint density at radius 3 is 2.87 bits per heavy atom. The van der Waals surface area contributed by atoms with Gasteiger partial charge < -0.3 is 19.4 Å². The van der Waals surface area contributed by atoms with E-state index in [-0.39, 0.29) is 5.91 Å². The molecule has 0 bridgehead atoms. The highest BCUT2D eigenvalue weighted by molar-refractivity contribution is 5.97. The fourth-order valence-corrected chi connectivity index (χ4v) is 4.32. The predicted octanol–water partition coefficient (Wildman–Crippen LogP) is 2.62. The highest BCUT2D eigenvalue weighted by atomic mass is 16.5. The zero-order chi connectivity index (χ0) is 20.8. The van der Waals surface area contributed by atoms with E-state index >= 15 is 0 Å². The number of ether oxygens (including phenoxy) is 2. The van der Waals surface area contributed by atoms with Crippen LogP contribution in [0.4, 0.5) is 0 Å². The molecule has 1 aromatic heterocycles. The van der Waals surface area contributed by atoms with Crippen LogP contribution in [0, 0.1) is 0 Å². The second-order valence-electron chi connectivity index (χ2n) is 7.60. The average molecular weight is 404 g/mol. The Morgan fingerprint density at radius 2 is 2.03 bits per heavy atom. The Bertz CT molecular complexity index is 1200. The SMILES string of the molecule is COC(=O)c1ccc2[nH]c3c(c2c1)CN(C(=O)[C@@H]1Cc2ccccc2C(=O)O1)CC3. The van der Waals surface area contributed by atoms with Gasteiger partial charge in [-0.25, -0.2) is 9.59 Å². The number of aromatic nitrogens is 1. The van der Waals surface area contributed by atoms with E-state index in [0.29, 0.717) is 37.1 Å². The molecule has 152 valence electrons. The number of methoxy groups -OCH3 is 1. The van der Waals surface area contributed by atoms with Crippen molar-refractivity contribution in [3.8, 4) is 0 Å². The van der Waals surface area contributed by atoms with Gasteiger partial charge in [-0.05, 0) is 29.8 Å². The number of carbonyl (C=O) groups is 3. The molecule has 7 heteroatoms. The molecule has 0 unspecified atom stereocenters. The number of hydrogen-bond donors (Lipinski definition) is 1. The van der Waals surface area contributed by atoms with Crippen LogP contribution in [0.1, 0.15) is 37.5 Å². The van der Waals surface area contributed by atoms with E-state index in [1.165, 1.54) is 7.11 Å². The molecule has 7 nitrogen and oxygen atoms in total. The van der Waals surface area contributed by atoms with Gasteiger partial charge in [-0.1, -0.05) is 18.2 Å². The second kappa shape index (κ2) is 7.02. The van der Waals surface area contributed by atoms with Crippen molar-refractivity contribution in [2.24, 2.45) is 0 Å². The monoisotopic (exact) mass is 404 g/mol. The van der Waals surface area contributed by atoms with E-state index in [2.05, 4.69) is 4.98 Å². The summed E-state index contributed by atoms with van der Waals surface area (Å²) in [6, 6.07) is 12.6. The molecule has 1 atom stereocenters. The Hall–Kier alpha value is -3.61. The van der Waals surface area contributed by atoms with Gasteiger partial charge in [-0.3, -0.25) is 4.79 Å². The maximum absolute atomic E-state index is 13.2. The quantitative estimate of drug-likeness (QED) is 0.664. The molecule has 0 fully saturated rings. The number of nitrogens with zero attached hydrogens (tertiary/aromatic N) is 1. The molecule has 2 aliphatic heterocycles. The first-order valence-corrected chi connectivity index (χ1v) is 9.84. The summed E-state index contributed by atoms with van der Waals surface area (Å²) in [4.78, 5) is 42.5. The summed E-state index contributed by atoms with van der Waals surface area (Å²) in [5.41, 5.74) is 4.78. The molecule has 3 heterocycles. The highest BCUT2D eigenvalue weighted by Gasteiger charge is 2.35. The van der Waals surface area contributed by atoms with E-state index in [1.54, 1.807) is 29.2 Å². The maximum atomic E-state index is 13.2. The molecule has 5 rings (SSSR count). The summed E-state index contributed by atoms with van der Waals surface area (Å²) in [5, 5.41) is 0.899. The first-order chi connectivity index (χ1) is 14.5. The minimum Gasteiger partial charge on any atom is -0.465 e. The highest BCUT2D eigenvalue weighted by Crippen LogP contribution is 2.30. The molecule has 30 heavy (non-hydrogen) atoms. The summed E-state index contributed by atoms with van der Waals surface area (Å²) >= 11 is 0. The summed E-state index contributed by atoms with van der Waals surface area (Å²) < 4.78 is 10.3. The Balaban J connectivity index is 1.42. The molecule has 0 aliphatic carbocycles. The predicted molar refractivity (Wildman–Crippen MR) is 108 cm³/mol. The van der Waals surface area contributed by atoms with Crippen molar-refractivity contribution in [1.29, 1.82) is 0 Å². The third-order valence-electron chi connectivity index (χ3n) is 5.88. The molecular formula is C23H20N2O5. The Kier molecular flexibility index (Phi) is 4.31. The van der Waals surface area contributed by atoms with Gasteiger partial charge in [0.25, 0.3) is 5.91 Å². The minimum absolute atomic E-state index is 0.193. The van der Waals surface area contributed by atoms with Crippen molar-refractivity contribution in [2.75, 3.05) is 13.7 Å². The molecule has 0 spiro atoms. The van der Waals surface area contributed by atoms with Gasteiger partial charge in [0.2, 0.25) is 0 Å². The molecule has 2 aliphatic rings. The summed E-state index contributed by atoms with van der Waals surface area (Å²) in [7, 11) is 1.35. The second-order valence-corrected chi connectivity index (χ2v) is 7.60. The third kappa shape index (κ3) is 2.94. The van der Waals surface area contributed by atoms with E-state index in [4.69, 9.17) is 9.47 Å². The fourth-order valence-electron chi connectivity index (χ4n) is 4.32. The lowest BCUT2D eigenvalue weighted by atomic mass is 9.97. The van der Waals surface area contributed by atoms with Gasteiger partial charge in [-0.15, -0.1) is 0 Å². The van der Waals surface area contributed by atoms with Crippen LogP contribution in [-0.4, -0.2) is 47.5 Å². The van der Waals surface area contributed by atoms with Gasteiger partial charge in [-0.2, -0.15) is 0 Å². The van der Waals surface area contributed by atoms with E-state index < -0.39 is 18.0 Å². The number of fused-ring (bicyclic) bond motifs is 4. The molecule has 2 aromatic carbocycles. The number of aromatic amines is 1. The number of benzene rings is 2. The van der Waals surface area contributed by atoms with Gasteiger partial charge in [0.05, 0.1) is 18.2 Å². The normalized spacial score (nSPS) is 17.8. The Morgan fingerprint density at radius 1 is 1.20 bits per heavy atom. The smallest absolute Gasteiger partial charge is 0.339 e. The molecule has 1 amide bonds. The van der Waals surface area contributed by atoms with Gasteiger partial charge >= 0.3 is 11.9 Å². The van der Waals surface area contributed by atoms with Gasteiger partial charge in [0, 0.05) is 48.1 Å². The van der Waals surface area contributed by atoms with Crippen LogP contribution in [0.2, 0.25) is 0 Å². The zero-order valence-corrected chi connectivity index (χ0v) is 16.4. The standard InChI is InChI=1S/C23H20N2O5/c1-29-22(27)14-6-7-18-16(10-14)17-12-25(9-8-19(17)24-18)21(26)20-11-13-4-2-3-5-15(13)23(28)30-20/h2-7,10,20,24H,8-9,11-12H2,1H3/t20-/m0/s1. The van der Waals surface area contributed by atoms with Crippen LogP contribution in [0.15, 0.2) is 42.5 Å². The zero-order valence-electron chi connectivity index (χ0n) is 16.4. The summed E-state index contributed by atoms with van der Waals surface area (Å²) in [6.07, 6.45) is 0.232. The van der Waals surface area contributed by atoms with Crippen LogP contribution in [0.25, 0.3) is 10.9 Å². The number of amides is 1. The first kappa shape index (κ1) is 18.4. The topological polar surface area (TPSA) is 88.7 Å². The number of rotatable bonds is 2. The summed E-state index contributed by atoms with van der Waals surface area (Å²) in [5.74, 6) is -1.05. The number of H-pyrrole nitrogens is 1. The molecular weight excluding hydrogens is 384 g/mol. The van der Waals surface area contributed by atoms with Crippen LogP contribution in [-0.2, 0) is 33.7 Å². The Labute approximate surface area is 172 Å². The van der Waals surface area contributed by atoms with Crippen molar-refractivity contribution in [1.82, 2.24) is 9.88 Å². The molecule has 1 N–H and O–H groups in total. The first-order valence-electron chi connectivity index (χ1n) is 9.84. The average Bonchev–Trinajstić information content (AvgIpc) is 3.15. The maximum Gasteiger partial charge on any atom is 0.339 e. The minimum atomic E-state index is -0.815. The number of hydrogen-bond acceptors (Lipinski definition) is 5. The van der Waals surface area contributed by atoms with Crippen molar-refractivity contribution in [2.45, 2.75) is 25.5 Å². The van der Waals surface area contributed by atoms with Crippen molar-refractivity contribution in [3.05, 3.63) is 70.4 Å². The summed E-state index contributed by atoms with van der Waals surface area (Å²) in [6.45, 7) is 0.937. The molecule has 0 radical (unpaired) electrons. The molecule has 0 saturated heterocycles. The van der Waals surface area contributed by atoms with E-state index in [9.17, 15) is 14.4 Å². The van der Waals surface area contributed by atoms with Crippen LogP contribution < -0.4 is 0 Å². The lowest BCUT2D eigenvalue weighted by Gasteiger charge is -2.32. The molecule has 0 saturated carbocycles. The van der Waals surface area contributed by atoms with Gasteiger partial charge in [0.1, 0.15) is 0 Å². The van der Waals surface area contributed by atoms with E-state index in [0.717, 1.165) is 27.7 Å². The van der Waals surface area contributed by atoms with Crippen LogP contribution >= 0.6 is 0 Å². The lowest BCUT2D eigenvalue weighted by molar-refractivity contribution is -0.142. The molecule has 3 aromatic rings. The number of carbonyl (C=O) groups excluding carboxylic acids is 3. The lowest BCUT2D eigenvalue weighted by Crippen LogP contribution is -2.46. The third-order valence-corrected chi connectivity index (χ3v) is 5.88. The van der Waals surface area contributed by atoms with Crippen molar-refractivity contribution in [3.63, 3.8) is 0 Å². The van der Waals surface area contributed by atoms with E-state index in [1.807, 2.05) is 18.2 Å². The number of nitrogens with one attached hydrogen (secondary N) is 1. The number of esters is 2. The van der Waals surface area contributed by atoms with Crippen LogP contribution in [0.3, 0.4) is 0 Å². The van der Waals surface area contributed by atoms with Gasteiger partial charge in [0.15, 0.2) is 6.10 Å². The van der Waals surface area contributed by atoms with Crippen molar-refractivity contribution >= 4 is 28.7 Å². The largest absolute Gasteiger partial charge is 0.465 e. The van der Waals surface area contributed by atoms with Crippen LogP contribution in [0.5, 0.6) is 0 Å². The van der Waals surface area contributed by atoms with Crippen molar-refractivity contribution < 1.29 is 23.9 Å².